The van der Waals surface area contributed by atoms with E-state index in [0.29, 0.717) is 6.54 Å². The molecule has 1 aromatic heterocycles. The van der Waals surface area contributed by atoms with Crippen LogP contribution in [-0.2, 0) is 0 Å². The zero-order valence-corrected chi connectivity index (χ0v) is 8.36. The van der Waals surface area contributed by atoms with Gasteiger partial charge in [-0.15, -0.1) is 11.3 Å². The van der Waals surface area contributed by atoms with Gasteiger partial charge in [-0.3, -0.25) is 0 Å². The van der Waals surface area contributed by atoms with E-state index in [-0.39, 0.29) is 12.5 Å². The van der Waals surface area contributed by atoms with E-state index in [1.165, 1.54) is 0 Å². The molecule has 0 radical (unpaired) electrons. The van der Waals surface area contributed by atoms with Gasteiger partial charge < -0.3 is 10.8 Å². The number of hydrogen-bond acceptors (Lipinski definition) is 3. The van der Waals surface area contributed by atoms with Gasteiger partial charge in [-0.05, 0) is 27.4 Å². The van der Waals surface area contributed by atoms with Crippen LogP contribution in [0.5, 0.6) is 0 Å². The third-order valence-electron chi connectivity index (χ3n) is 1.52. The van der Waals surface area contributed by atoms with E-state index in [1.807, 2.05) is 11.4 Å². The zero-order valence-electron chi connectivity index (χ0n) is 5.96. The summed E-state index contributed by atoms with van der Waals surface area (Å²) >= 11 is 5.01. The van der Waals surface area contributed by atoms with Crippen molar-refractivity contribution >= 4 is 27.3 Å². The fraction of sp³-hybridized carbons (Fsp3) is 0.429. The SMILES string of the molecule is NCC(CO)c1sccc1Br. The van der Waals surface area contributed by atoms with Crippen molar-refractivity contribution < 1.29 is 5.11 Å². The molecule has 3 N–H and O–H groups in total. The number of aliphatic hydroxyl groups excluding tert-OH is 1. The molecule has 1 atom stereocenters. The van der Waals surface area contributed by atoms with E-state index in [1.54, 1.807) is 11.3 Å². The molecule has 0 bridgehead atoms. The van der Waals surface area contributed by atoms with E-state index in [4.69, 9.17) is 10.8 Å². The van der Waals surface area contributed by atoms with Crippen LogP contribution in [0.1, 0.15) is 10.8 Å². The molecular formula is C7H10BrNOS. The van der Waals surface area contributed by atoms with Gasteiger partial charge in [0.2, 0.25) is 0 Å². The summed E-state index contributed by atoms with van der Waals surface area (Å²) in [6, 6.07) is 1.97. The molecule has 0 spiro atoms. The smallest absolute Gasteiger partial charge is 0.0520 e. The van der Waals surface area contributed by atoms with E-state index < -0.39 is 0 Å². The van der Waals surface area contributed by atoms with Crippen LogP contribution in [0.4, 0.5) is 0 Å². The summed E-state index contributed by atoms with van der Waals surface area (Å²) in [5.74, 6) is 0.0874. The lowest BCUT2D eigenvalue weighted by atomic mass is 10.1. The molecule has 0 aliphatic carbocycles. The third kappa shape index (κ3) is 2.02. The molecule has 0 aliphatic rings. The molecule has 1 rings (SSSR count). The number of rotatable bonds is 3. The van der Waals surface area contributed by atoms with Gasteiger partial charge in [-0.1, -0.05) is 0 Å². The number of halogens is 1. The minimum atomic E-state index is 0.0874. The van der Waals surface area contributed by atoms with Crippen molar-refractivity contribution in [1.29, 1.82) is 0 Å². The molecule has 62 valence electrons. The molecule has 0 aliphatic heterocycles. The summed E-state index contributed by atoms with van der Waals surface area (Å²) in [5, 5.41) is 10.9. The lowest BCUT2D eigenvalue weighted by molar-refractivity contribution is 0.269. The van der Waals surface area contributed by atoms with Crippen LogP contribution in [0, 0.1) is 0 Å². The average Bonchev–Trinajstić information content (AvgIpc) is 2.40. The van der Waals surface area contributed by atoms with E-state index >= 15 is 0 Å². The monoisotopic (exact) mass is 235 g/mol. The molecule has 0 amide bonds. The highest BCUT2D eigenvalue weighted by molar-refractivity contribution is 9.10. The lowest BCUT2D eigenvalue weighted by Gasteiger charge is -2.08. The Morgan fingerprint density at radius 1 is 1.73 bits per heavy atom. The maximum atomic E-state index is 8.93. The van der Waals surface area contributed by atoms with Gasteiger partial charge in [0, 0.05) is 21.8 Å². The molecule has 0 fully saturated rings. The second kappa shape index (κ2) is 4.21. The Morgan fingerprint density at radius 2 is 2.45 bits per heavy atom. The molecule has 1 heterocycles. The Bertz CT molecular complexity index is 222. The van der Waals surface area contributed by atoms with Gasteiger partial charge in [0.05, 0.1) is 6.61 Å². The molecule has 0 saturated carbocycles. The van der Waals surface area contributed by atoms with E-state index in [2.05, 4.69) is 15.9 Å². The lowest BCUT2D eigenvalue weighted by Crippen LogP contribution is -2.15. The summed E-state index contributed by atoms with van der Waals surface area (Å²) in [5.41, 5.74) is 5.47. The Labute approximate surface area is 78.2 Å². The highest BCUT2D eigenvalue weighted by atomic mass is 79.9. The highest BCUT2D eigenvalue weighted by Crippen LogP contribution is 2.29. The largest absolute Gasteiger partial charge is 0.396 e. The normalized spacial score (nSPS) is 13.4. The topological polar surface area (TPSA) is 46.2 Å². The van der Waals surface area contributed by atoms with Crippen LogP contribution < -0.4 is 5.73 Å². The molecule has 0 saturated heterocycles. The number of hydrogen-bond donors (Lipinski definition) is 2. The first-order chi connectivity index (χ1) is 5.29. The highest BCUT2D eigenvalue weighted by Gasteiger charge is 2.12. The Kier molecular flexibility index (Phi) is 3.51. The van der Waals surface area contributed by atoms with Crippen LogP contribution in [0.25, 0.3) is 0 Å². The first kappa shape index (κ1) is 9.19. The second-order valence-electron chi connectivity index (χ2n) is 2.25. The summed E-state index contributed by atoms with van der Waals surface area (Å²) in [4.78, 5) is 1.13. The van der Waals surface area contributed by atoms with Crippen molar-refractivity contribution in [3.63, 3.8) is 0 Å². The molecule has 1 unspecified atom stereocenters. The molecular weight excluding hydrogens is 226 g/mol. The minimum Gasteiger partial charge on any atom is -0.396 e. The minimum absolute atomic E-state index is 0.0874. The summed E-state index contributed by atoms with van der Waals surface area (Å²) in [6.07, 6.45) is 0. The van der Waals surface area contributed by atoms with Crippen molar-refractivity contribution in [2.45, 2.75) is 5.92 Å². The van der Waals surface area contributed by atoms with Crippen LogP contribution in [0.3, 0.4) is 0 Å². The summed E-state index contributed by atoms with van der Waals surface area (Å²) in [6.45, 7) is 0.616. The van der Waals surface area contributed by atoms with Gasteiger partial charge in [-0.25, -0.2) is 0 Å². The van der Waals surface area contributed by atoms with Gasteiger partial charge in [0.25, 0.3) is 0 Å². The predicted octanol–water partition coefficient (Wildman–Crippen LogP) is 1.55. The van der Waals surface area contributed by atoms with Crippen LogP contribution in [-0.4, -0.2) is 18.3 Å². The number of thiophene rings is 1. The molecule has 2 nitrogen and oxygen atoms in total. The molecule has 4 heteroatoms. The third-order valence-corrected chi connectivity index (χ3v) is 3.55. The first-order valence-electron chi connectivity index (χ1n) is 3.33. The van der Waals surface area contributed by atoms with Gasteiger partial charge in [0.1, 0.15) is 0 Å². The van der Waals surface area contributed by atoms with E-state index in [9.17, 15) is 0 Å². The number of nitrogens with two attached hydrogens (primary N) is 1. The zero-order chi connectivity index (χ0) is 8.27. The molecule has 0 aromatic carbocycles. The van der Waals surface area contributed by atoms with Gasteiger partial charge in [-0.2, -0.15) is 0 Å². The fourth-order valence-corrected chi connectivity index (χ4v) is 2.67. The second-order valence-corrected chi connectivity index (χ2v) is 4.05. The Morgan fingerprint density at radius 3 is 2.82 bits per heavy atom. The van der Waals surface area contributed by atoms with Crippen LogP contribution in [0.2, 0.25) is 0 Å². The Hall–Kier alpha value is 0.100. The molecule has 11 heavy (non-hydrogen) atoms. The van der Waals surface area contributed by atoms with Crippen LogP contribution in [0.15, 0.2) is 15.9 Å². The first-order valence-corrected chi connectivity index (χ1v) is 5.00. The van der Waals surface area contributed by atoms with E-state index in [0.717, 1.165) is 9.35 Å². The number of aliphatic hydroxyl groups is 1. The van der Waals surface area contributed by atoms with Gasteiger partial charge >= 0.3 is 0 Å². The quantitative estimate of drug-likeness (QED) is 0.836. The summed E-state index contributed by atoms with van der Waals surface area (Å²) in [7, 11) is 0. The maximum absolute atomic E-state index is 8.93. The Balaban J connectivity index is 2.81. The van der Waals surface area contributed by atoms with Crippen molar-refractivity contribution in [2.75, 3.05) is 13.2 Å². The summed E-state index contributed by atoms with van der Waals surface area (Å²) < 4.78 is 1.05. The predicted molar refractivity (Wildman–Crippen MR) is 50.9 cm³/mol. The van der Waals surface area contributed by atoms with Crippen molar-refractivity contribution in [2.24, 2.45) is 5.73 Å². The van der Waals surface area contributed by atoms with Crippen LogP contribution >= 0.6 is 27.3 Å². The fourth-order valence-electron chi connectivity index (χ4n) is 0.861. The maximum Gasteiger partial charge on any atom is 0.0520 e. The molecule has 1 aromatic rings. The standard InChI is InChI=1S/C7H10BrNOS/c8-6-1-2-11-7(6)5(3-9)4-10/h1-2,5,10H,3-4,9H2. The average molecular weight is 236 g/mol. The van der Waals surface area contributed by atoms with Gasteiger partial charge in [0.15, 0.2) is 0 Å². The van der Waals surface area contributed by atoms with Crippen molar-refractivity contribution in [3.8, 4) is 0 Å². The van der Waals surface area contributed by atoms with Crippen molar-refractivity contribution in [3.05, 3.63) is 20.8 Å². The van der Waals surface area contributed by atoms with Crippen molar-refractivity contribution in [1.82, 2.24) is 0 Å².